The van der Waals surface area contributed by atoms with Gasteiger partial charge in [0, 0.05) is 18.3 Å². The molecule has 118 valence electrons. The lowest BCUT2D eigenvalue weighted by atomic mass is 9.97. The van der Waals surface area contributed by atoms with Gasteiger partial charge in [-0.15, -0.1) is 0 Å². The minimum Gasteiger partial charge on any atom is -0.348 e. The van der Waals surface area contributed by atoms with Crippen LogP contribution in [0.3, 0.4) is 0 Å². The fraction of sp³-hybridized carbons (Fsp3) is 0.375. The fourth-order valence-corrected chi connectivity index (χ4v) is 2.31. The standard InChI is InChI=1S/C16H18F2N2O2/c17-13-7-6-12(10-14(13)18)20-16(22)15(21)19-9-8-11-4-2-1-3-5-11/h4,6-7,10H,1-3,5,8-9H2,(H,19,21)(H,20,22). The highest BCUT2D eigenvalue weighted by Gasteiger charge is 2.14. The minimum absolute atomic E-state index is 0.0361. The van der Waals surface area contributed by atoms with Crippen LogP contribution in [-0.2, 0) is 9.59 Å². The van der Waals surface area contributed by atoms with Crippen molar-refractivity contribution in [2.75, 3.05) is 11.9 Å². The number of hydrogen-bond acceptors (Lipinski definition) is 2. The van der Waals surface area contributed by atoms with Crippen molar-refractivity contribution in [2.45, 2.75) is 32.1 Å². The van der Waals surface area contributed by atoms with E-state index in [0.717, 1.165) is 37.8 Å². The van der Waals surface area contributed by atoms with Gasteiger partial charge in [0.05, 0.1) is 0 Å². The average molecular weight is 308 g/mol. The maximum atomic E-state index is 13.0. The SMILES string of the molecule is O=C(NCCC1=CCCCC1)C(=O)Nc1ccc(F)c(F)c1. The quantitative estimate of drug-likeness (QED) is 0.664. The van der Waals surface area contributed by atoms with Crippen LogP contribution in [0.5, 0.6) is 0 Å². The van der Waals surface area contributed by atoms with Gasteiger partial charge in [0.2, 0.25) is 0 Å². The first-order chi connectivity index (χ1) is 10.6. The van der Waals surface area contributed by atoms with Crippen molar-refractivity contribution < 1.29 is 18.4 Å². The van der Waals surface area contributed by atoms with Gasteiger partial charge in [-0.1, -0.05) is 11.6 Å². The Morgan fingerprint density at radius 2 is 1.91 bits per heavy atom. The van der Waals surface area contributed by atoms with Gasteiger partial charge in [-0.3, -0.25) is 9.59 Å². The topological polar surface area (TPSA) is 58.2 Å². The summed E-state index contributed by atoms with van der Waals surface area (Å²) in [6.07, 6.45) is 7.38. The molecule has 0 spiro atoms. The number of allylic oxidation sites excluding steroid dienone is 1. The number of halogens is 2. The second-order valence-corrected chi connectivity index (χ2v) is 5.20. The number of anilines is 1. The summed E-state index contributed by atoms with van der Waals surface area (Å²) in [4.78, 5) is 23.3. The van der Waals surface area contributed by atoms with E-state index in [9.17, 15) is 18.4 Å². The van der Waals surface area contributed by atoms with Crippen molar-refractivity contribution in [2.24, 2.45) is 0 Å². The van der Waals surface area contributed by atoms with Gasteiger partial charge in [0.25, 0.3) is 0 Å². The van der Waals surface area contributed by atoms with E-state index in [0.29, 0.717) is 6.54 Å². The van der Waals surface area contributed by atoms with E-state index < -0.39 is 23.4 Å². The molecule has 2 amide bonds. The number of carbonyl (C=O) groups excluding carboxylic acids is 2. The molecule has 0 saturated heterocycles. The Hall–Kier alpha value is -2.24. The van der Waals surface area contributed by atoms with Crippen LogP contribution >= 0.6 is 0 Å². The van der Waals surface area contributed by atoms with Crippen molar-refractivity contribution in [3.8, 4) is 0 Å². The normalized spacial score (nSPS) is 14.2. The lowest BCUT2D eigenvalue weighted by molar-refractivity contribution is -0.136. The van der Waals surface area contributed by atoms with Crippen LogP contribution in [0.15, 0.2) is 29.8 Å². The number of carbonyl (C=O) groups is 2. The molecular weight excluding hydrogens is 290 g/mol. The molecule has 1 aromatic carbocycles. The zero-order valence-electron chi connectivity index (χ0n) is 12.1. The molecule has 6 heteroatoms. The van der Waals surface area contributed by atoms with Crippen LogP contribution < -0.4 is 10.6 Å². The molecule has 2 N–H and O–H groups in total. The second kappa shape index (κ2) is 7.68. The van der Waals surface area contributed by atoms with Gasteiger partial charge in [-0.05, 0) is 44.2 Å². The zero-order valence-corrected chi connectivity index (χ0v) is 12.1. The first kappa shape index (κ1) is 16.1. The van der Waals surface area contributed by atoms with E-state index in [1.54, 1.807) is 0 Å². The Bertz CT molecular complexity index is 600. The summed E-state index contributed by atoms with van der Waals surface area (Å²) < 4.78 is 25.8. The molecule has 0 unspecified atom stereocenters. The maximum Gasteiger partial charge on any atom is 0.313 e. The molecule has 1 aliphatic rings. The van der Waals surface area contributed by atoms with E-state index in [4.69, 9.17) is 0 Å². The number of rotatable bonds is 4. The zero-order chi connectivity index (χ0) is 15.9. The molecule has 2 rings (SSSR count). The molecule has 4 nitrogen and oxygen atoms in total. The third kappa shape index (κ3) is 4.65. The van der Waals surface area contributed by atoms with E-state index in [1.165, 1.54) is 18.1 Å². The summed E-state index contributed by atoms with van der Waals surface area (Å²) in [7, 11) is 0. The van der Waals surface area contributed by atoms with Gasteiger partial charge < -0.3 is 10.6 Å². The summed E-state index contributed by atoms with van der Waals surface area (Å²) >= 11 is 0. The van der Waals surface area contributed by atoms with Gasteiger partial charge in [0.15, 0.2) is 11.6 Å². The lowest BCUT2D eigenvalue weighted by Gasteiger charge is -2.12. The molecule has 0 fully saturated rings. The summed E-state index contributed by atoms with van der Waals surface area (Å²) in [5.41, 5.74) is 1.33. The number of nitrogens with one attached hydrogen (secondary N) is 2. The van der Waals surface area contributed by atoms with Crippen LogP contribution in [0.4, 0.5) is 14.5 Å². The van der Waals surface area contributed by atoms with E-state index in [-0.39, 0.29) is 5.69 Å². The van der Waals surface area contributed by atoms with Crippen molar-refractivity contribution in [3.63, 3.8) is 0 Å². The molecule has 22 heavy (non-hydrogen) atoms. The van der Waals surface area contributed by atoms with E-state index >= 15 is 0 Å². The van der Waals surface area contributed by atoms with Crippen LogP contribution in [0.25, 0.3) is 0 Å². The van der Waals surface area contributed by atoms with Gasteiger partial charge >= 0.3 is 11.8 Å². The van der Waals surface area contributed by atoms with Crippen molar-refractivity contribution >= 4 is 17.5 Å². The Morgan fingerprint density at radius 3 is 2.59 bits per heavy atom. The molecule has 0 radical (unpaired) electrons. The molecule has 0 heterocycles. The van der Waals surface area contributed by atoms with Crippen LogP contribution in [0.2, 0.25) is 0 Å². The predicted octanol–water partition coefficient (Wildman–Crippen LogP) is 2.91. The third-order valence-electron chi connectivity index (χ3n) is 3.50. The highest BCUT2D eigenvalue weighted by Crippen LogP contribution is 2.19. The Balaban J connectivity index is 1.78. The molecule has 0 aromatic heterocycles. The van der Waals surface area contributed by atoms with Gasteiger partial charge in [-0.25, -0.2) is 8.78 Å². The summed E-state index contributed by atoms with van der Waals surface area (Å²) in [6.45, 7) is 0.385. The average Bonchev–Trinajstić information content (AvgIpc) is 2.52. The molecule has 1 aromatic rings. The fourth-order valence-electron chi connectivity index (χ4n) is 2.31. The first-order valence-electron chi connectivity index (χ1n) is 7.28. The predicted molar refractivity (Wildman–Crippen MR) is 79.2 cm³/mol. The molecule has 0 saturated carbocycles. The molecule has 1 aliphatic carbocycles. The Morgan fingerprint density at radius 1 is 1.09 bits per heavy atom. The monoisotopic (exact) mass is 308 g/mol. The Labute approximate surface area is 127 Å². The van der Waals surface area contributed by atoms with E-state index in [1.807, 2.05) is 0 Å². The Kier molecular flexibility index (Phi) is 5.63. The van der Waals surface area contributed by atoms with Crippen LogP contribution in [0.1, 0.15) is 32.1 Å². The van der Waals surface area contributed by atoms with Crippen LogP contribution in [0, 0.1) is 11.6 Å². The summed E-state index contributed by atoms with van der Waals surface area (Å²) in [5.74, 6) is -3.78. The molecule has 0 bridgehead atoms. The lowest BCUT2D eigenvalue weighted by Crippen LogP contribution is -2.36. The van der Waals surface area contributed by atoms with Gasteiger partial charge in [-0.2, -0.15) is 0 Å². The van der Waals surface area contributed by atoms with Crippen molar-refractivity contribution in [1.29, 1.82) is 0 Å². The molecular formula is C16H18F2N2O2. The molecule has 0 atom stereocenters. The highest BCUT2D eigenvalue weighted by molar-refractivity contribution is 6.39. The summed E-state index contributed by atoms with van der Waals surface area (Å²) in [5, 5.41) is 4.74. The number of amides is 2. The van der Waals surface area contributed by atoms with Crippen LogP contribution in [-0.4, -0.2) is 18.4 Å². The van der Waals surface area contributed by atoms with Crippen molar-refractivity contribution in [3.05, 3.63) is 41.5 Å². The van der Waals surface area contributed by atoms with E-state index in [2.05, 4.69) is 16.7 Å². The third-order valence-corrected chi connectivity index (χ3v) is 3.50. The van der Waals surface area contributed by atoms with Gasteiger partial charge in [0.1, 0.15) is 0 Å². The summed E-state index contributed by atoms with van der Waals surface area (Å²) in [6, 6.07) is 2.90. The highest BCUT2D eigenvalue weighted by atomic mass is 19.2. The first-order valence-corrected chi connectivity index (χ1v) is 7.28. The second-order valence-electron chi connectivity index (χ2n) is 5.20. The maximum absolute atomic E-state index is 13.0. The number of hydrogen-bond donors (Lipinski definition) is 2. The molecule has 0 aliphatic heterocycles. The largest absolute Gasteiger partial charge is 0.348 e. The smallest absolute Gasteiger partial charge is 0.313 e. The number of benzene rings is 1. The van der Waals surface area contributed by atoms with Crippen molar-refractivity contribution in [1.82, 2.24) is 5.32 Å². The minimum atomic E-state index is -1.08.